The van der Waals surface area contributed by atoms with Gasteiger partial charge < -0.3 is 25.2 Å². The summed E-state index contributed by atoms with van der Waals surface area (Å²) >= 11 is 6.15. The predicted octanol–water partition coefficient (Wildman–Crippen LogP) is 5.97. The number of hydrogen-bond donors (Lipinski definition) is 2. The van der Waals surface area contributed by atoms with Crippen LogP contribution in [-0.2, 0) is 16.1 Å². The molecule has 1 amide bonds. The molecule has 2 aromatic carbocycles. The second-order valence-electron chi connectivity index (χ2n) is 12.3. The molecule has 2 atom stereocenters. The lowest BCUT2D eigenvalue weighted by atomic mass is 9.76. The van der Waals surface area contributed by atoms with Crippen molar-refractivity contribution >= 4 is 35.4 Å². The lowest BCUT2D eigenvalue weighted by Crippen LogP contribution is -2.43. The van der Waals surface area contributed by atoms with Crippen LogP contribution in [-0.4, -0.2) is 73.7 Å². The third-order valence-electron chi connectivity index (χ3n) is 8.87. The van der Waals surface area contributed by atoms with Gasteiger partial charge in [0.15, 0.2) is 0 Å². The van der Waals surface area contributed by atoms with E-state index in [1.54, 1.807) is 25.1 Å². The summed E-state index contributed by atoms with van der Waals surface area (Å²) in [5.74, 6) is -1.54. The average molecular weight is 700 g/mol. The molecule has 2 fully saturated rings. The Morgan fingerprint density at radius 1 is 1.10 bits per heavy atom. The molecule has 12 nitrogen and oxygen atoms in total. The third-order valence-corrected chi connectivity index (χ3v) is 9.10. The van der Waals surface area contributed by atoms with Gasteiger partial charge in [-0.3, -0.25) is 4.90 Å². The number of benzene rings is 2. The SMILES string of the molecule is Cc1ccn(-c2cc(Cl)ccc2[C@@H](Oc2cc(N3CCC4(CC3)C[C@@H](C(=O)O)N(C(=O)OCc3ccccc3)C4)nc(N)n2)C(F)(F)F)n1. The Morgan fingerprint density at radius 2 is 1.84 bits per heavy atom. The third kappa shape index (κ3) is 7.51. The summed E-state index contributed by atoms with van der Waals surface area (Å²) in [5, 5.41) is 14.4. The Morgan fingerprint density at radius 3 is 2.49 bits per heavy atom. The van der Waals surface area contributed by atoms with Gasteiger partial charge in [0.1, 0.15) is 18.5 Å². The second kappa shape index (κ2) is 13.5. The number of anilines is 2. The summed E-state index contributed by atoms with van der Waals surface area (Å²) in [4.78, 5) is 36.4. The molecule has 0 unspecified atom stereocenters. The number of ether oxygens (including phenoxy) is 2. The van der Waals surface area contributed by atoms with E-state index < -0.39 is 35.8 Å². The number of carbonyl (C=O) groups excluding carboxylic acids is 1. The van der Waals surface area contributed by atoms with Crippen LogP contribution < -0.4 is 15.4 Å². The molecule has 2 aliphatic heterocycles. The van der Waals surface area contributed by atoms with Crippen molar-refractivity contribution in [2.24, 2.45) is 5.41 Å². The molecule has 16 heteroatoms. The lowest BCUT2D eigenvalue weighted by Gasteiger charge is -2.39. The number of nitrogen functional groups attached to an aromatic ring is 1. The number of nitrogens with zero attached hydrogens (tertiary/aromatic N) is 6. The Labute approximate surface area is 284 Å². The van der Waals surface area contributed by atoms with Crippen LogP contribution in [0.1, 0.15) is 42.2 Å². The highest BCUT2D eigenvalue weighted by atomic mass is 35.5. The number of likely N-dealkylation sites (tertiary alicyclic amines) is 1. The summed E-state index contributed by atoms with van der Waals surface area (Å²) < 4.78 is 56.0. The topological polar surface area (TPSA) is 149 Å². The van der Waals surface area contributed by atoms with Gasteiger partial charge >= 0.3 is 18.2 Å². The van der Waals surface area contributed by atoms with Gasteiger partial charge in [0.05, 0.1) is 11.4 Å². The van der Waals surface area contributed by atoms with Crippen LogP contribution >= 0.6 is 11.6 Å². The fraction of sp³-hybridized carbons (Fsp3) is 0.364. The van der Waals surface area contributed by atoms with E-state index >= 15 is 0 Å². The molecule has 6 rings (SSSR count). The molecular formula is C33H33ClF3N7O5. The molecular weight excluding hydrogens is 667 g/mol. The van der Waals surface area contributed by atoms with E-state index in [-0.39, 0.29) is 53.5 Å². The molecule has 0 bridgehead atoms. The Bertz CT molecular complexity index is 1830. The van der Waals surface area contributed by atoms with Crippen molar-refractivity contribution in [1.29, 1.82) is 0 Å². The van der Waals surface area contributed by atoms with Crippen molar-refractivity contribution in [2.45, 2.75) is 51.1 Å². The number of piperidine rings is 1. The van der Waals surface area contributed by atoms with Crippen molar-refractivity contribution in [3.8, 4) is 11.6 Å². The molecule has 2 aliphatic rings. The quantitative estimate of drug-likeness (QED) is 0.225. The first kappa shape index (κ1) is 33.8. The first-order chi connectivity index (χ1) is 23.3. The molecule has 0 aliphatic carbocycles. The van der Waals surface area contributed by atoms with E-state index in [4.69, 9.17) is 26.8 Å². The summed E-state index contributed by atoms with van der Waals surface area (Å²) in [6, 6.07) is 14.9. The number of aliphatic carboxylic acids is 1. The van der Waals surface area contributed by atoms with E-state index in [0.29, 0.717) is 31.6 Å². The van der Waals surface area contributed by atoms with Gasteiger partial charge in [0.2, 0.25) is 17.9 Å². The zero-order valence-corrected chi connectivity index (χ0v) is 27.1. The number of amides is 1. The first-order valence-electron chi connectivity index (χ1n) is 15.5. The van der Waals surface area contributed by atoms with E-state index in [1.807, 2.05) is 23.1 Å². The van der Waals surface area contributed by atoms with Crippen LogP contribution in [0.3, 0.4) is 0 Å². The minimum atomic E-state index is -4.86. The molecule has 2 saturated heterocycles. The number of halogens is 4. The summed E-state index contributed by atoms with van der Waals surface area (Å²) in [6.07, 6.45) is -5.27. The smallest absolute Gasteiger partial charge is 0.429 e. The molecule has 4 aromatic rings. The number of aryl methyl sites for hydroxylation is 1. The largest absolute Gasteiger partial charge is 0.480 e. The number of nitrogens with two attached hydrogens (primary N) is 1. The van der Waals surface area contributed by atoms with E-state index in [1.165, 1.54) is 40.0 Å². The van der Waals surface area contributed by atoms with Crippen molar-refractivity contribution in [2.75, 3.05) is 30.3 Å². The van der Waals surface area contributed by atoms with E-state index in [0.717, 1.165) is 5.56 Å². The van der Waals surface area contributed by atoms with Gasteiger partial charge in [0.25, 0.3) is 0 Å². The molecule has 4 heterocycles. The van der Waals surface area contributed by atoms with E-state index in [2.05, 4.69) is 15.1 Å². The fourth-order valence-corrected chi connectivity index (χ4v) is 6.58. The van der Waals surface area contributed by atoms with Gasteiger partial charge in [-0.25, -0.2) is 14.3 Å². The summed E-state index contributed by atoms with van der Waals surface area (Å²) in [6.45, 7) is 2.66. The first-order valence-corrected chi connectivity index (χ1v) is 15.8. The van der Waals surface area contributed by atoms with Crippen LogP contribution in [0.2, 0.25) is 5.02 Å². The zero-order valence-electron chi connectivity index (χ0n) is 26.3. The molecule has 2 aromatic heterocycles. The molecule has 49 heavy (non-hydrogen) atoms. The van der Waals surface area contributed by atoms with Gasteiger partial charge in [-0.1, -0.05) is 48.0 Å². The summed E-state index contributed by atoms with van der Waals surface area (Å²) in [5.41, 5.74) is 6.68. The van der Waals surface area contributed by atoms with Crippen molar-refractivity contribution in [1.82, 2.24) is 24.6 Å². The second-order valence-corrected chi connectivity index (χ2v) is 12.7. The number of carboxylic acids is 1. The van der Waals surface area contributed by atoms with E-state index in [9.17, 15) is 27.9 Å². The molecule has 258 valence electrons. The van der Waals surface area contributed by atoms with Gasteiger partial charge in [0, 0.05) is 42.5 Å². The van der Waals surface area contributed by atoms with Crippen molar-refractivity contribution < 1.29 is 37.3 Å². The van der Waals surface area contributed by atoms with Gasteiger partial charge in [-0.2, -0.15) is 28.2 Å². The highest BCUT2D eigenvalue weighted by molar-refractivity contribution is 6.30. The van der Waals surface area contributed by atoms with Gasteiger partial charge in [-0.15, -0.1) is 0 Å². The van der Waals surface area contributed by atoms with Crippen molar-refractivity contribution in [3.63, 3.8) is 0 Å². The van der Waals surface area contributed by atoms with Crippen LogP contribution in [0.5, 0.6) is 5.88 Å². The molecule has 3 N–H and O–H groups in total. The van der Waals surface area contributed by atoms with Crippen LogP contribution in [0.25, 0.3) is 5.69 Å². The van der Waals surface area contributed by atoms with Crippen LogP contribution in [0.15, 0.2) is 66.9 Å². The summed E-state index contributed by atoms with van der Waals surface area (Å²) in [7, 11) is 0. The standard InChI is InChI=1S/C33H33ClF3N7O5/c1-20-9-12-44(41-20)24-15-22(34)7-8-23(24)28(33(35,36)37)49-27-16-26(39-30(38)40-27)42-13-10-32(11-14-42)17-25(29(45)46)43(19-32)31(47)48-18-21-5-3-2-4-6-21/h2-9,12,15-16,25,28H,10-11,13-14,17-19H2,1H3,(H,45,46)(H2,38,39,40)/t25-,28+/m0/s1. The predicted molar refractivity (Wildman–Crippen MR) is 172 cm³/mol. The number of carboxylic acid groups (broad SMARTS) is 1. The number of aromatic nitrogens is 4. The van der Waals surface area contributed by atoms with Gasteiger partial charge in [-0.05, 0) is 55.4 Å². The molecule has 0 radical (unpaired) electrons. The number of alkyl halides is 3. The fourth-order valence-electron chi connectivity index (χ4n) is 6.41. The maximum Gasteiger partial charge on any atom is 0.429 e. The number of carbonyl (C=O) groups is 2. The van der Waals surface area contributed by atoms with Crippen molar-refractivity contribution in [3.05, 3.63) is 88.7 Å². The lowest BCUT2D eigenvalue weighted by molar-refractivity contribution is -0.198. The Kier molecular flexibility index (Phi) is 9.29. The molecule has 0 saturated carbocycles. The highest BCUT2D eigenvalue weighted by Crippen LogP contribution is 2.45. The maximum atomic E-state index is 14.6. The Hall–Kier alpha value is -5.05. The van der Waals surface area contributed by atoms with Crippen LogP contribution in [0, 0.1) is 12.3 Å². The number of hydrogen-bond acceptors (Lipinski definition) is 9. The minimum Gasteiger partial charge on any atom is -0.480 e. The normalized spacial score (nSPS) is 18.0. The Balaban J connectivity index is 1.18. The number of rotatable bonds is 8. The highest BCUT2D eigenvalue weighted by Gasteiger charge is 2.51. The van der Waals surface area contributed by atoms with Crippen LogP contribution in [0.4, 0.5) is 29.7 Å². The molecule has 1 spiro atoms. The maximum absolute atomic E-state index is 14.6. The minimum absolute atomic E-state index is 0.0142. The monoisotopic (exact) mass is 699 g/mol. The average Bonchev–Trinajstić information content (AvgIpc) is 3.67. The zero-order chi connectivity index (χ0) is 34.9.